The van der Waals surface area contributed by atoms with Crippen LogP contribution >= 0.6 is 0 Å². The lowest BCUT2D eigenvalue weighted by molar-refractivity contribution is 0.0953. The second-order valence-corrected chi connectivity index (χ2v) is 6.22. The maximum absolute atomic E-state index is 12.1. The SMILES string of the molecule is CC(C)COc1ccc(C(=O)NCCCCN(C)C)cc1N. The minimum atomic E-state index is -0.0908. The molecule has 0 aliphatic rings. The van der Waals surface area contributed by atoms with Gasteiger partial charge in [0, 0.05) is 12.1 Å². The monoisotopic (exact) mass is 307 g/mol. The Morgan fingerprint density at radius 1 is 1.32 bits per heavy atom. The molecule has 0 atom stereocenters. The highest BCUT2D eigenvalue weighted by atomic mass is 16.5. The van der Waals surface area contributed by atoms with Crippen molar-refractivity contribution < 1.29 is 9.53 Å². The molecule has 1 amide bonds. The van der Waals surface area contributed by atoms with Crippen molar-refractivity contribution in [2.24, 2.45) is 5.92 Å². The van der Waals surface area contributed by atoms with Gasteiger partial charge in [-0.15, -0.1) is 0 Å². The van der Waals surface area contributed by atoms with E-state index in [4.69, 9.17) is 10.5 Å². The van der Waals surface area contributed by atoms with Crippen LogP contribution in [0.3, 0.4) is 0 Å². The Morgan fingerprint density at radius 3 is 2.64 bits per heavy atom. The van der Waals surface area contributed by atoms with E-state index < -0.39 is 0 Å². The van der Waals surface area contributed by atoms with Gasteiger partial charge < -0.3 is 20.7 Å². The molecule has 0 bridgehead atoms. The van der Waals surface area contributed by atoms with Crippen molar-refractivity contribution in [2.75, 3.05) is 39.5 Å². The van der Waals surface area contributed by atoms with Crippen molar-refractivity contribution in [1.82, 2.24) is 10.2 Å². The number of rotatable bonds is 9. The van der Waals surface area contributed by atoms with Crippen LogP contribution in [0, 0.1) is 5.92 Å². The topological polar surface area (TPSA) is 67.6 Å². The third kappa shape index (κ3) is 6.80. The summed E-state index contributed by atoms with van der Waals surface area (Å²) in [4.78, 5) is 14.2. The average Bonchev–Trinajstić information content (AvgIpc) is 2.44. The van der Waals surface area contributed by atoms with E-state index in [-0.39, 0.29) is 5.91 Å². The molecule has 124 valence electrons. The Hall–Kier alpha value is -1.75. The summed E-state index contributed by atoms with van der Waals surface area (Å²) in [5.41, 5.74) is 7.02. The molecule has 0 aliphatic heterocycles. The molecule has 0 saturated heterocycles. The lowest BCUT2D eigenvalue weighted by Crippen LogP contribution is -2.25. The highest BCUT2D eigenvalue weighted by Crippen LogP contribution is 2.23. The number of benzene rings is 1. The third-order valence-electron chi connectivity index (χ3n) is 3.16. The van der Waals surface area contributed by atoms with Gasteiger partial charge in [0.2, 0.25) is 0 Å². The Bertz CT molecular complexity index is 473. The number of nitrogen functional groups attached to an aromatic ring is 1. The summed E-state index contributed by atoms with van der Waals surface area (Å²) in [5, 5.41) is 2.92. The highest BCUT2D eigenvalue weighted by molar-refractivity contribution is 5.95. The van der Waals surface area contributed by atoms with E-state index in [2.05, 4.69) is 24.1 Å². The van der Waals surface area contributed by atoms with Gasteiger partial charge >= 0.3 is 0 Å². The Balaban J connectivity index is 2.44. The summed E-state index contributed by atoms with van der Waals surface area (Å²) >= 11 is 0. The first-order valence-corrected chi connectivity index (χ1v) is 7.85. The van der Waals surface area contributed by atoms with Crippen LogP contribution in [0.1, 0.15) is 37.0 Å². The third-order valence-corrected chi connectivity index (χ3v) is 3.16. The zero-order valence-corrected chi connectivity index (χ0v) is 14.2. The predicted octanol–water partition coefficient (Wildman–Crippen LogP) is 2.38. The van der Waals surface area contributed by atoms with Gasteiger partial charge in [0.1, 0.15) is 5.75 Å². The molecule has 1 aromatic rings. The molecule has 0 spiro atoms. The Kier molecular flexibility index (Phi) is 7.74. The number of nitrogens with zero attached hydrogens (tertiary/aromatic N) is 1. The Morgan fingerprint density at radius 2 is 2.05 bits per heavy atom. The fourth-order valence-corrected chi connectivity index (χ4v) is 1.93. The first-order valence-electron chi connectivity index (χ1n) is 7.85. The largest absolute Gasteiger partial charge is 0.491 e. The van der Waals surface area contributed by atoms with Crippen molar-refractivity contribution in [3.05, 3.63) is 23.8 Å². The van der Waals surface area contributed by atoms with Crippen LogP contribution < -0.4 is 15.8 Å². The van der Waals surface area contributed by atoms with Crippen molar-refractivity contribution in [3.8, 4) is 5.75 Å². The summed E-state index contributed by atoms with van der Waals surface area (Å²) in [6.45, 7) is 6.48. The van der Waals surface area contributed by atoms with Crippen molar-refractivity contribution in [2.45, 2.75) is 26.7 Å². The summed E-state index contributed by atoms with van der Waals surface area (Å²) in [5.74, 6) is 0.979. The van der Waals surface area contributed by atoms with E-state index in [1.165, 1.54) is 0 Å². The normalized spacial score (nSPS) is 11.0. The van der Waals surface area contributed by atoms with Gasteiger partial charge in [-0.1, -0.05) is 13.8 Å². The highest BCUT2D eigenvalue weighted by Gasteiger charge is 2.09. The van der Waals surface area contributed by atoms with Gasteiger partial charge in [-0.05, 0) is 57.6 Å². The molecule has 22 heavy (non-hydrogen) atoms. The van der Waals surface area contributed by atoms with Crippen LogP contribution in [0.15, 0.2) is 18.2 Å². The molecule has 0 heterocycles. The van der Waals surface area contributed by atoms with Crippen molar-refractivity contribution >= 4 is 11.6 Å². The number of carbonyl (C=O) groups excluding carboxylic acids is 1. The van der Waals surface area contributed by atoms with Crippen LogP contribution in [0.4, 0.5) is 5.69 Å². The predicted molar refractivity (Wildman–Crippen MR) is 91.3 cm³/mol. The first kappa shape index (κ1) is 18.3. The van der Waals surface area contributed by atoms with Gasteiger partial charge in [-0.25, -0.2) is 0 Å². The molecule has 3 N–H and O–H groups in total. The molecule has 0 radical (unpaired) electrons. The molecule has 5 nitrogen and oxygen atoms in total. The zero-order chi connectivity index (χ0) is 16.5. The van der Waals surface area contributed by atoms with Gasteiger partial charge in [-0.3, -0.25) is 4.79 Å². The molecule has 0 unspecified atom stereocenters. The Labute approximate surface area is 133 Å². The number of hydrogen-bond donors (Lipinski definition) is 2. The molecule has 1 rings (SSSR count). The van der Waals surface area contributed by atoms with Gasteiger partial charge in [0.05, 0.1) is 12.3 Å². The number of nitrogens with two attached hydrogens (primary N) is 1. The minimum Gasteiger partial charge on any atom is -0.491 e. The minimum absolute atomic E-state index is 0.0908. The van der Waals surface area contributed by atoms with E-state index in [1.54, 1.807) is 18.2 Å². The maximum Gasteiger partial charge on any atom is 0.251 e. The van der Waals surface area contributed by atoms with E-state index in [0.29, 0.717) is 36.1 Å². The number of carbonyl (C=O) groups is 1. The van der Waals surface area contributed by atoms with Gasteiger partial charge in [0.15, 0.2) is 0 Å². The number of nitrogens with one attached hydrogen (secondary N) is 1. The molecule has 0 aromatic heterocycles. The summed E-state index contributed by atoms with van der Waals surface area (Å²) in [6.07, 6.45) is 2.03. The molecule has 0 fully saturated rings. The number of amides is 1. The van der Waals surface area contributed by atoms with Crippen molar-refractivity contribution in [3.63, 3.8) is 0 Å². The molecule has 0 saturated carbocycles. The lowest BCUT2D eigenvalue weighted by atomic mass is 10.1. The summed E-state index contributed by atoms with van der Waals surface area (Å²) in [6, 6.07) is 5.19. The molecular formula is C17H29N3O2. The second kappa shape index (κ2) is 9.30. The fourth-order valence-electron chi connectivity index (χ4n) is 1.93. The fraction of sp³-hybridized carbons (Fsp3) is 0.588. The molecule has 1 aromatic carbocycles. The summed E-state index contributed by atoms with van der Waals surface area (Å²) < 4.78 is 5.61. The van der Waals surface area contributed by atoms with Crippen LogP contribution in [0.2, 0.25) is 0 Å². The lowest BCUT2D eigenvalue weighted by Gasteiger charge is -2.12. The van der Waals surface area contributed by atoms with Crippen LogP contribution in [0.25, 0.3) is 0 Å². The van der Waals surface area contributed by atoms with Crippen LogP contribution in [0.5, 0.6) is 5.75 Å². The smallest absolute Gasteiger partial charge is 0.251 e. The van der Waals surface area contributed by atoms with Gasteiger partial charge in [-0.2, -0.15) is 0 Å². The molecule has 0 aliphatic carbocycles. The first-order chi connectivity index (χ1) is 10.4. The number of unbranched alkanes of at least 4 members (excludes halogenated alkanes) is 1. The zero-order valence-electron chi connectivity index (χ0n) is 14.2. The van der Waals surface area contributed by atoms with E-state index in [0.717, 1.165) is 19.4 Å². The van der Waals surface area contributed by atoms with Crippen LogP contribution in [-0.4, -0.2) is 44.6 Å². The standard InChI is InChI=1S/C17H29N3O2/c1-13(2)12-22-16-8-7-14(11-15(16)18)17(21)19-9-5-6-10-20(3)4/h7-8,11,13H,5-6,9-10,12,18H2,1-4H3,(H,19,21). The summed E-state index contributed by atoms with van der Waals surface area (Å²) in [7, 11) is 4.09. The van der Waals surface area contributed by atoms with E-state index in [1.807, 2.05) is 14.1 Å². The van der Waals surface area contributed by atoms with Crippen LogP contribution in [-0.2, 0) is 0 Å². The van der Waals surface area contributed by atoms with E-state index in [9.17, 15) is 4.79 Å². The average molecular weight is 307 g/mol. The quantitative estimate of drug-likeness (QED) is 0.543. The van der Waals surface area contributed by atoms with Gasteiger partial charge in [0.25, 0.3) is 5.91 Å². The number of ether oxygens (including phenoxy) is 1. The number of anilines is 1. The maximum atomic E-state index is 12.1. The number of hydrogen-bond acceptors (Lipinski definition) is 4. The molecular weight excluding hydrogens is 278 g/mol. The molecule has 5 heteroatoms. The second-order valence-electron chi connectivity index (χ2n) is 6.22. The van der Waals surface area contributed by atoms with Crippen molar-refractivity contribution in [1.29, 1.82) is 0 Å². The van der Waals surface area contributed by atoms with E-state index >= 15 is 0 Å².